The summed E-state index contributed by atoms with van der Waals surface area (Å²) in [7, 11) is 0. The molecule has 2 bridgehead atoms. The zero-order chi connectivity index (χ0) is 20.7. The summed E-state index contributed by atoms with van der Waals surface area (Å²) in [6, 6.07) is 7.61. The zero-order valence-corrected chi connectivity index (χ0v) is 17.1. The molecule has 6 rings (SSSR count). The molecule has 2 aliphatic heterocycles. The summed E-state index contributed by atoms with van der Waals surface area (Å²) in [6.45, 7) is 4.61. The Labute approximate surface area is 174 Å². The zero-order valence-electron chi connectivity index (χ0n) is 17.1. The molecule has 0 aromatic carbocycles. The van der Waals surface area contributed by atoms with Gasteiger partial charge in [0.15, 0.2) is 5.69 Å². The molecule has 3 aromatic rings. The van der Waals surface area contributed by atoms with Crippen molar-refractivity contribution < 1.29 is 9.53 Å². The number of aromatic nitrogens is 5. The summed E-state index contributed by atoms with van der Waals surface area (Å²) in [4.78, 5) is 26.0. The fraction of sp³-hybridized carbons (Fsp3) is 0.409. The van der Waals surface area contributed by atoms with Crippen LogP contribution in [0.15, 0.2) is 42.9 Å². The van der Waals surface area contributed by atoms with Crippen LogP contribution in [-0.4, -0.2) is 54.5 Å². The van der Waals surface area contributed by atoms with Crippen LogP contribution >= 0.6 is 0 Å². The molecule has 154 valence electrons. The second-order valence-electron chi connectivity index (χ2n) is 8.17. The van der Waals surface area contributed by atoms with Gasteiger partial charge in [0.1, 0.15) is 11.8 Å². The van der Waals surface area contributed by atoms with Gasteiger partial charge in [-0.15, -0.1) is 4.80 Å². The molecule has 3 atom stereocenters. The van der Waals surface area contributed by atoms with Gasteiger partial charge < -0.3 is 9.64 Å². The number of carbonyl (C=O) groups excluding carboxylic acids is 1. The molecule has 0 N–H and O–H groups in total. The van der Waals surface area contributed by atoms with Gasteiger partial charge in [0, 0.05) is 24.5 Å². The highest BCUT2D eigenvalue weighted by Crippen LogP contribution is 2.38. The van der Waals surface area contributed by atoms with E-state index >= 15 is 0 Å². The molecule has 0 radical (unpaired) electrons. The van der Waals surface area contributed by atoms with Gasteiger partial charge >= 0.3 is 0 Å². The summed E-state index contributed by atoms with van der Waals surface area (Å²) in [5.41, 5.74) is 2.85. The Balaban J connectivity index is 1.44. The highest BCUT2D eigenvalue weighted by Gasteiger charge is 2.45. The van der Waals surface area contributed by atoms with Crippen molar-refractivity contribution in [3.63, 3.8) is 0 Å². The van der Waals surface area contributed by atoms with Crippen molar-refractivity contribution in [1.29, 1.82) is 0 Å². The minimum absolute atomic E-state index is 0.00588. The third-order valence-electron chi connectivity index (χ3n) is 5.99. The molecular weight excluding hydrogens is 380 g/mol. The van der Waals surface area contributed by atoms with Crippen molar-refractivity contribution in [3.8, 4) is 11.6 Å². The Morgan fingerprint density at radius 3 is 2.67 bits per heavy atom. The predicted molar refractivity (Wildman–Crippen MR) is 109 cm³/mol. The number of hydrogen-bond donors (Lipinski definition) is 0. The molecule has 3 unspecified atom stereocenters. The number of hydrogen-bond acceptors (Lipinski definition) is 6. The first kappa shape index (κ1) is 18.7. The first-order chi connectivity index (χ1) is 14.6. The van der Waals surface area contributed by atoms with Gasteiger partial charge in [0.2, 0.25) is 5.88 Å². The Hall–Kier alpha value is -3.29. The lowest BCUT2D eigenvalue weighted by Gasteiger charge is -2.49. The summed E-state index contributed by atoms with van der Waals surface area (Å²) in [5.74, 6) is 0.942. The number of amides is 1. The van der Waals surface area contributed by atoms with Crippen LogP contribution in [0.1, 0.15) is 41.0 Å². The van der Waals surface area contributed by atoms with E-state index in [4.69, 9.17) is 4.74 Å². The Morgan fingerprint density at radius 2 is 1.93 bits per heavy atom. The van der Waals surface area contributed by atoms with E-state index in [2.05, 4.69) is 20.2 Å². The normalized spacial score (nSPS) is 22.9. The van der Waals surface area contributed by atoms with Crippen molar-refractivity contribution in [2.45, 2.75) is 45.3 Å². The predicted octanol–water partition coefficient (Wildman–Crippen LogP) is 2.75. The molecule has 3 aliphatic rings. The van der Waals surface area contributed by atoms with Crippen LogP contribution in [0, 0.1) is 19.8 Å². The summed E-state index contributed by atoms with van der Waals surface area (Å²) < 4.78 is 6.23. The quantitative estimate of drug-likeness (QED) is 0.665. The van der Waals surface area contributed by atoms with E-state index in [1.165, 1.54) is 4.80 Å². The molecule has 1 saturated carbocycles. The van der Waals surface area contributed by atoms with E-state index in [1.54, 1.807) is 18.6 Å². The van der Waals surface area contributed by atoms with Crippen molar-refractivity contribution in [1.82, 2.24) is 29.9 Å². The summed E-state index contributed by atoms with van der Waals surface area (Å²) in [6.07, 6.45) is 7.91. The van der Waals surface area contributed by atoms with Gasteiger partial charge in [-0.3, -0.25) is 4.79 Å². The van der Waals surface area contributed by atoms with E-state index < -0.39 is 0 Å². The second-order valence-corrected chi connectivity index (χ2v) is 8.17. The lowest BCUT2D eigenvalue weighted by Crippen LogP contribution is -2.59. The maximum atomic E-state index is 13.6. The highest BCUT2D eigenvalue weighted by molar-refractivity contribution is 5.96. The van der Waals surface area contributed by atoms with Crippen LogP contribution in [0.5, 0.6) is 5.88 Å². The van der Waals surface area contributed by atoms with Gasteiger partial charge in [-0.25, -0.2) is 9.97 Å². The number of fused-ring (bicyclic) bond motifs is 3. The molecule has 8 nitrogen and oxygen atoms in total. The molecule has 8 heteroatoms. The molecule has 2 saturated heterocycles. The third kappa shape index (κ3) is 3.42. The van der Waals surface area contributed by atoms with Gasteiger partial charge in [-0.1, -0.05) is 6.07 Å². The lowest BCUT2D eigenvalue weighted by molar-refractivity contribution is -0.0316. The molecule has 0 spiro atoms. The van der Waals surface area contributed by atoms with Crippen LogP contribution in [-0.2, 0) is 0 Å². The van der Waals surface area contributed by atoms with E-state index in [-0.39, 0.29) is 18.1 Å². The van der Waals surface area contributed by atoms with E-state index in [0.29, 0.717) is 23.2 Å². The molecule has 3 aromatic heterocycles. The minimum Gasteiger partial charge on any atom is -0.472 e. The second kappa shape index (κ2) is 7.51. The number of ether oxygens (including phenoxy) is 1. The van der Waals surface area contributed by atoms with Crippen LogP contribution in [0.25, 0.3) is 5.69 Å². The first-order valence-corrected chi connectivity index (χ1v) is 10.3. The van der Waals surface area contributed by atoms with Crippen molar-refractivity contribution in [2.24, 2.45) is 5.92 Å². The third-order valence-corrected chi connectivity index (χ3v) is 5.99. The van der Waals surface area contributed by atoms with E-state index in [0.717, 1.165) is 37.1 Å². The van der Waals surface area contributed by atoms with Crippen molar-refractivity contribution in [3.05, 3.63) is 59.8 Å². The molecule has 30 heavy (non-hydrogen) atoms. The number of carbonyl (C=O) groups is 1. The Kier molecular flexibility index (Phi) is 4.69. The fourth-order valence-corrected chi connectivity index (χ4v) is 4.52. The fourth-order valence-electron chi connectivity index (χ4n) is 4.52. The first-order valence-electron chi connectivity index (χ1n) is 10.3. The Morgan fingerprint density at radius 1 is 1.10 bits per heavy atom. The lowest BCUT2D eigenvalue weighted by atomic mass is 9.77. The summed E-state index contributed by atoms with van der Waals surface area (Å²) in [5, 5.41) is 8.38. The number of nitrogens with zero attached hydrogens (tertiary/aromatic N) is 6. The van der Waals surface area contributed by atoms with Gasteiger partial charge in [-0.2, -0.15) is 10.2 Å². The topological polar surface area (TPSA) is 86.0 Å². The molecular formula is C22H24N6O2. The maximum absolute atomic E-state index is 13.6. The average molecular weight is 404 g/mol. The monoisotopic (exact) mass is 404 g/mol. The van der Waals surface area contributed by atoms with Gasteiger partial charge in [0.25, 0.3) is 5.91 Å². The minimum atomic E-state index is -0.0918. The Bertz CT molecular complexity index is 1050. The smallest absolute Gasteiger partial charge is 0.275 e. The van der Waals surface area contributed by atoms with Crippen molar-refractivity contribution in [2.75, 3.05) is 6.54 Å². The number of pyridine rings is 2. The van der Waals surface area contributed by atoms with Crippen LogP contribution in [0.3, 0.4) is 0 Å². The average Bonchev–Trinajstić information content (AvgIpc) is 3.30. The van der Waals surface area contributed by atoms with Crippen LogP contribution < -0.4 is 4.74 Å². The van der Waals surface area contributed by atoms with Crippen molar-refractivity contribution >= 4 is 5.91 Å². The van der Waals surface area contributed by atoms with Crippen LogP contribution in [0.4, 0.5) is 0 Å². The SMILES string of the molecule is Cc1ccc(OC2CC3CCC2N(C(=O)c2nc(C)ccc2-n2nccn2)C3)nc1. The van der Waals surface area contributed by atoms with Gasteiger partial charge in [-0.05, 0) is 56.7 Å². The highest BCUT2D eigenvalue weighted by atomic mass is 16.5. The number of rotatable bonds is 4. The standard InChI is InChI=1S/C22H24N6O2/c1-14-3-8-20(23-12-14)30-19-11-16-5-7-17(19)27(13-16)22(29)21-18(6-4-15(2)26-21)28-24-9-10-25-28/h3-4,6,8-10,12,16-17,19H,5,7,11,13H2,1-2H3. The maximum Gasteiger partial charge on any atom is 0.275 e. The molecule has 1 aliphatic carbocycles. The summed E-state index contributed by atoms with van der Waals surface area (Å²) >= 11 is 0. The largest absolute Gasteiger partial charge is 0.472 e. The van der Waals surface area contributed by atoms with E-state index in [9.17, 15) is 4.79 Å². The number of piperidine rings is 2. The molecule has 3 fully saturated rings. The van der Waals surface area contributed by atoms with Gasteiger partial charge in [0.05, 0.1) is 18.4 Å². The van der Waals surface area contributed by atoms with E-state index in [1.807, 2.05) is 43.0 Å². The number of aryl methyl sites for hydroxylation is 2. The molecule has 1 amide bonds. The van der Waals surface area contributed by atoms with Crippen LogP contribution in [0.2, 0.25) is 0 Å². The molecule has 5 heterocycles.